The summed E-state index contributed by atoms with van der Waals surface area (Å²) in [6, 6.07) is 12.4. The van der Waals surface area contributed by atoms with Crippen molar-refractivity contribution in [3.63, 3.8) is 0 Å². The quantitative estimate of drug-likeness (QED) is 0.464. The van der Waals surface area contributed by atoms with Gasteiger partial charge in [-0.1, -0.05) is 11.6 Å². The Balaban J connectivity index is 1.07. The molecule has 2 aliphatic heterocycles. The Labute approximate surface area is 224 Å². The number of halogens is 2. The Hall–Kier alpha value is -3.76. The van der Waals surface area contributed by atoms with Gasteiger partial charge in [0.15, 0.2) is 11.6 Å². The van der Waals surface area contributed by atoms with E-state index in [1.54, 1.807) is 6.07 Å². The third-order valence-electron chi connectivity index (χ3n) is 6.96. The van der Waals surface area contributed by atoms with Gasteiger partial charge in [0.1, 0.15) is 5.75 Å². The van der Waals surface area contributed by atoms with E-state index in [4.69, 9.17) is 11.6 Å². The lowest BCUT2D eigenvalue weighted by Gasteiger charge is -2.36. The van der Waals surface area contributed by atoms with Gasteiger partial charge in [-0.05, 0) is 55.4 Å². The van der Waals surface area contributed by atoms with E-state index in [0.717, 1.165) is 36.7 Å². The van der Waals surface area contributed by atoms with Crippen LogP contribution in [0.1, 0.15) is 6.42 Å². The van der Waals surface area contributed by atoms with Crippen LogP contribution in [0.4, 0.5) is 15.8 Å². The summed E-state index contributed by atoms with van der Waals surface area (Å²) >= 11 is 5.92. The number of piperazine rings is 1. The Bertz CT molecular complexity index is 1300. The molecule has 0 aliphatic carbocycles. The minimum atomic E-state index is -0.468. The minimum Gasteiger partial charge on any atom is -0.506 e. The Kier molecular flexibility index (Phi) is 7.71. The molecule has 2 amide bonds. The zero-order chi connectivity index (χ0) is 26.6. The minimum absolute atomic E-state index is 0.0362. The summed E-state index contributed by atoms with van der Waals surface area (Å²) in [7, 11) is 0. The van der Waals surface area contributed by atoms with Crippen molar-refractivity contribution in [3.8, 4) is 17.1 Å². The van der Waals surface area contributed by atoms with Crippen LogP contribution in [0.25, 0.3) is 11.4 Å². The number of carbonyl (C=O) groups is 2. The molecule has 0 unspecified atom stereocenters. The topological polar surface area (TPSA) is 102 Å². The lowest BCUT2D eigenvalue weighted by Crippen LogP contribution is -2.51. The van der Waals surface area contributed by atoms with E-state index in [-0.39, 0.29) is 28.5 Å². The zero-order valence-corrected chi connectivity index (χ0v) is 21.4. The van der Waals surface area contributed by atoms with E-state index < -0.39 is 5.82 Å². The molecule has 9 nitrogen and oxygen atoms in total. The monoisotopic (exact) mass is 538 g/mol. The van der Waals surface area contributed by atoms with E-state index in [1.807, 2.05) is 34.1 Å². The maximum Gasteiger partial charge on any atom is 0.236 e. The van der Waals surface area contributed by atoms with Crippen LogP contribution in [-0.2, 0) is 9.59 Å². The first kappa shape index (κ1) is 25.9. The second-order valence-corrected chi connectivity index (χ2v) is 9.92. The Morgan fingerprint density at radius 2 is 1.74 bits per heavy atom. The number of benzene rings is 2. The van der Waals surface area contributed by atoms with Crippen molar-refractivity contribution in [1.29, 1.82) is 0 Å². The molecule has 2 saturated heterocycles. The van der Waals surface area contributed by atoms with Gasteiger partial charge in [-0.25, -0.2) is 14.4 Å². The fourth-order valence-corrected chi connectivity index (χ4v) is 4.99. The summed E-state index contributed by atoms with van der Waals surface area (Å²) in [6.07, 6.45) is 2.98. The van der Waals surface area contributed by atoms with Crippen LogP contribution in [0.15, 0.2) is 54.9 Å². The van der Waals surface area contributed by atoms with Crippen LogP contribution in [-0.4, -0.2) is 82.5 Å². The van der Waals surface area contributed by atoms with Gasteiger partial charge in [-0.3, -0.25) is 14.5 Å². The molecule has 0 saturated carbocycles. The van der Waals surface area contributed by atoms with Crippen LogP contribution in [0.5, 0.6) is 5.75 Å². The number of amides is 2. The summed E-state index contributed by atoms with van der Waals surface area (Å²) in [5.74, 6) is -0.294. The normalized spacial score (nSPS) is 18.0. The number of anilines is 2. The van der Waals surface area contributed by atoms with Gasteiger partial charge < -0.3 is 20.2 Å². The number of carbonyl (C=O) groups excluding carboxylic acids is 2. The number of likely N-dealkylation sites (tertiary alicyclic amines) is 1. The molecule has 3 aromatic rings. The van der Waals surface area contributed by atoms with E-state index >= 15 is 0 Å². The summed E-state index contributed by atoms with van der Waals surface area (Å²) in [5.41, 5.74) is 2.39. The highest BCUT2D eigenvalue weighted by Crippen LogP contribution is 2.27. The molecule has 5 rings (SSSR count). The number of hydrogen-bond acceptors (Lipinski definition) is 7. The van der Waals surface area contributed by atoms with Gasteiger partial charge in [0.25, 0.3) is 0 Å². The molecule has 2 N–H and O–H groups in total. The van der Waals surface area contributed by atoms with Crippen LogP contribution in [0.2, 0.25) is 5.02 Å². The molecule has 11 heteroatoms. The Morgan fingerprint density at radius 3 is 2.42 bits per heavy atom. The smallest absolute Gasteiger partial charge is 0.236 e. The predicted molar refractivity (Wildman–Crippen MR) is 143 cm³/mol. The van der Waals surface area contributed by atoms with Gasteiger partial charge in [-0.15, -0.1) is 0 Å². The number of hydrogen-bond donors (Lipinski definition) is 2. The highest BCUT2D eigenvalue weighted by Gasteiger charge is 2.31. The number of phenols is 1. The molecule has 2 aliphatic rings. The number of aromatic nitrogens is 2. The van der Waals surface area contributed by atoms with Crippen LogP contribution in [0, 0.1) is 11.7 Å². The maximum absolute atomic E-state index is 13.1. The van der Waals surface area contributed by atoms with Crippen molar-refractivity contribution < 1.29 is 19.1 Å². The molecule has 3 heterocycles. The third kappa shape index (κ3) is 6.03. The number of phenolic OH excluding ortho intramolecular Hbond substituents is 1. The molecule has 0 spiro atoms. The first-order chi connectivity index (χ1) is 18.4. The largest absolute Gasteiger partial charge is 0.506 e. The van der Waals surface area contributed by atoms with Crippen LogP contribution < -0.4 is 10.2 Å². The molecular weight excluding hydrogens is 511 g/mol. The molecule has 2 fully saturated rings. The molecule has 198 valence electrons. The SMILES string of the molecule is O=C(Nc1ccc(O)c(Cl)c1)[C@@H]1CCN(CC(=O)N2CCN(c3ccc(-c4ncc(F)cn4)cc3)CC2)C1. The third-order valence-corrected chi connectivity index (χ3v) is 7.26. The second-order valence-electron chi connectivity index (χ2n) is 9.52. The van der Waals surface area contributed by atoms with Crippen molar-refractivity contribution in [2.24, 2.45) is 5.92 Å². The van der Waals surface area contributed by atoms with E-state index in [1.165, 1.54) is 12.1 Å². The molecule has 1 aromatic heterocycles. The van der Waals surface area contributed by atoms with Crippen molar-refractivity contribution in [2.75, 3.05) is 56.0 Å². The fraction of sp³-hybridized carbons (Fsp3) is 0.333. The molecule has 2 aromatic carbocycles. The first-order valence-electron chi connectivity index (χ1n) is 12.5. The summed E-state index contributed by atoms with van der Waals surface area (Å²) < 4.78 is 13.1. The van der Waals surface area contributed by atoms with Crippen LogP contribution >= 0.6 is 11.6 Å². The standard InChI is InChI=1S/C27H28ClFN6O3/c28-23-13-21(3-6-24(23)36)32-27(38)19-7-8-33(16-19)17-25(37)35-11-9-34(10-12-35)22-4-1-18(2-5-22)26-30-14-20(29)15-31-26/h1-6,13-15,19,36H,7-12,16-17H2,(H,32,38)/t19-/m1/s1. The first-order valence-corrected chi connectivity index (χ1v) is 12.9. The van der Waals surface area contributed by atoms with Gasteiger partial charge in [0.2, 0.25) is 11.8 Å². The van der Waals surface area contributed by atoms with Gasteiger partial charge in [0.05, 0.1) is 29.9 Å². The predicted octanol–water partition coefficient (Wildman–Crippen LogP) is 3.25. The number of nitrogens with zero attached hydrogens (tertiary/aromatic N) is 5. The van der Waals surface area contributed by atoms with Crippen molar-refractivity contribution in [2.45, 2.75) is 6.42 Å². The van der Waals surface area contributed by atoms with Gasteiger partial charge >= 0.3 is 0 Å². The Morgan fingerprint density at radius 1 is 1.03 bits per heavy atom. The molecule has 1 atom stereocenters. The molecular formula is C27H28ClFN6O3. The molecule has 38 heavy (non-hydrogen) atoms. The lowest BCUT2D eigenvalue weighted by atomic mass is 10.1. The number of aromatic hydroxyl groups is 1. The van der Waals surface area contributed by atoms with Crippen molar-refractivity contribution >= 4 is 34.8 Å². The van der Waals surface area contributed by atoms with Crippen LogP contribution in [0.3, 0.4) is 0 Å². The average molecular weight is 539 g/mol. The maximum atomic E-state index is 13.1. The summed E-state index contributed by atoms with van der Waals surface area (Å²) in [5, 5.41) is 12.6. The molecule has 0 bridgehead atoms. The molecule has 0 radical (unpaired) electrons. The zero-order valence-electron chi connectivity index (χ0n) is 20.7. The highest BCUT2D eigenvalue weighted by molar-refractivity contribution is 6.32. The number of nitrogens with one attached hydrogen (secondary N) is 1. The van der Waals surface area contributed by atoms with E-state index in [9.17, 15) is 19.1 Å². The average Bonchev–Trinajstić information content (AvgIpc) is 3.40. The highest BCUT2D eigenvalue weighted by atomic mass is 35.5. The van der Waals surface area contributed by atoms with E-state index in [0.29, 0.717) is 50.7 Å². The summed E-state index contributed by atoms with van der Waals surface area (Å²) in [4.78, 5) is 39.8. The van der Waals surface area contributed by atoms with Gasteiger partial charge in [-0.2, -0.15) is 0 Å². The van der Waals surface area contributed by atoms with Crippen molar-refractivity contribution in [3.05, 3.63) is 65.7 Å². The lowest BCUT2D eigenvalue weighted by molar-refractivity contribution is -0.132. The second kappa shape index (κ2) is 11.3. The van der Waals surface area contributed by atoms with E-state index in [2.05, 4.69) is 20.2 Å². The van der Waals surface area contributed by atoms with Gasteiger partial charge in [0, 0.05) is 49.7 Å². The van der Waals surface area contributed by atoms with Crippen molar-refractivity contribution in [1.82, 2.24) is 19.8 Å². The number of rotatable bonds is 6. The summed E-state index contributed by atoms with van der Waals surface area (Å²) in [6.45, 7) is 4.19. The fourth-order valence-electron chi connectivity index (χ4n) is 4.81.